The average molecular weight is 473 g/mol. The summed E-state index contributed by atoms with van der Waals surface area (Å²) < 4.78 is 20.3. The Balaban J connectivity index is 1.73. The van der Waals surface area contributed by atoms with Gasteiger partial charge in [-0.05, 0) is 12.1 Å². The molecule has 11 nitrogen and oxygen atoms in total. The van der Waals surface area contributed by atoms with Gasteiger partial charge in [-0.15, -0.1) is 0 Å². The van der Waals surface area contributed by atoms with Gasteiger partial charge < -0.3 is 20.7 Å². The maximum atomic E-state index is 13.3. The van der Waals surface area contributed by atoms with Gasteiger partial charge in [-0.3, -0.25) is 9.48 Å². The Morgan fingerprint density at radius 2 is 1.86 bits per heavy atom. The average Bonchev–Trinajstić information content (AvgIpc) is 3.22. The number of carbonyl (C=O) groups is 1. The van der Waals surface area contributed by atoms with Crippen LogP contribution in [0.2, 0.25) is 0 Å². The van der Waals surface area contributed by atoms with Gasteiger partial charge in [0.1, 0.15) is 17.6 Å². The van der Waals surface area contributed by atoms with E-state index in [0.29, 0.717) is 40.0 Å². The van der Waals surface area contributed by atoms with E-state index in [2.05, 4.69) is 36.0 Å². The molecule has 0 aliphatic carbocycles. The molecule has 4 aromatic rings. The van der Waals surface area contributed by atoms with Crippen LogP contribution in [0.1, 0.15) is 16.1 Å². The number of anilines is 4. The molecule has 0 saturated heterocycles. The van der Waals surface area contributed by atoms with Gasteiger partial charge in [-0.25, -0.2) is 19.3 Å². The van der Waals surface area contributed by atoms with Crippen molar-refractivity contribution >= 4 is 28.9 Å². The van der Waals surface area contributed by atoms with Crippen LogP contribution in [-0.2, 0) is 7.05 Å². The molecule has 35 heavy (non-hydrogen) atoms. The molecule has 4 rings (SSSR count). The van der Waals surface area contributed by atoms with E-state index in [1.54, 1.807) is 37.4 Å². The highest BCUT2D eigenvalue weighted by atomic mass is 19.1. The van der Waals surface area contributed by atoms with Crippen LogP contribution in [0.25, 0.3) is 11.4 Å². The summed E-state index contributed by atoms with van der Waals surface area (Å²) in [6.45, 7) is 0. The number of halogens is 1. The van der Waals surface area contributed by atoms with Crippen LogP contribution in [0.4, 0.5) is 27.4 Å². The van der Waals surface area contributed by atoms with Crippen LogP contribution in [0, 0.1) is 17.1 Å². The number of nitrogens with one attached hydrogen (secondary N) is 3. The number of nitrogens with zero attached hydrogens (tertiary/aromatic N) is 6. The van der Waals surface area contributed by atoms with Crippen molar-refractivity contribution < 1.29 is 13.9 Å². The first-order chi connectivity index (χ1) is 16.9. The number of ether oxygens (including phenoxy) is 1. The number of carbonyl (C=O) groups excluding carboxylic acids is 1. The summed E-state index contributed by atoms with van der Waals surface area (Å²) in [4.78, 5) is 24.9. The monoisotopic (exact) mass is 473 g/mol. The van der Waals surface area contributed by atoms with Crippen molar-refractivity contribution in [3.63, 3.8) is 0 Å². The van der Waals surface area contributed by atoms with E-state index in [0.717, 1.165) is 12.4 Å². The first kappa shape index (κ1) is 23.1. The minimum absolute atomic E-state index is 0.277. The molecule has 12 heteroatoms. The van der Waals surface area contributed by atoms with E-state index in [-0.39, 0.29) is 17.3 Å². The fraction of sp³-hybridized carbons (Fsp3) is 0.130. The number of hydrogen-bond acceptors (Lipinski definition) is 9. The fourth-order valence-corrected chi connectivity index (χ4v) is 3.33. The third-order valence-electron chi connectivity index (χ3n) is 4.98. The van der Waals surface area contributed by atoms with Crippen LogP contribution in [0.15, 0.2) is 48.9 Å². The molecular formula is C23H20FN9O2. The number of nitriles is 1. The lowest BCUT2D eigenvalue weighted by molar-refractivity contribution is 0.0963. The van der Waals surface area contributed by atoms with Crippen molar-refractivity contribution in [1.29, 1.82) is 5.26 Å². The quantitative estimate of drug-likeness (QED) is 0.369. The van der Waals surface area contributed by atoms with E-state index in [4.69, 9.17) is 10.00 Å². The van der Waals surface area contributed by atoms with Gasteiger partial charge in [0.25, 0.3) is 5.91 Å². The highest BCUT2D eigenvalue weighted by Crippen LogP contribution is 2.37. The van der Waals surface area contributed by atoms with Crippen LogP contribution in [0.5, 0.6) is 5.75 Å². The minimum atomic E-state index is -0.552. The molecule has 1 amide bonds. The Morgan fingerprint density at radius 3 is 2.51 bits per heavy atom. The molecule has 0 unspecified atom stereocenters. The maximum absolute atomic E-state index is 13.3. The number of para-hydroxylation sites is 1. The molecule has 0 saturated carbocycles. The van der Waals surface area contributed by atoms with Crippen LogP contribution >= 0.6 is 0 Å². The van der Waals surface area contributed by atoms with Crippen molar-refractivity contribution in [1.82, 2.24) is 30.0 Å². The van der Waals surface area contributed by atoms with Crippen molar-refractivity contribution in [2.45, 2.75) is 0 Å². The molecule has 3 aromatic heterocycles. The second kappa shape index (κ2) is 9.84. The van der Waals surface area contributed by atoms with Crippen LogP contribution < -0.4 is 20.7 Å². The van der Waals surface area contributed by atoms with Gasteiger partial charge in [0, 0.05) is 32.4 Å². The van der Waals surface area contributed by atoms with Gasteiger partial charge in [-0.2, -0.15) is 10.4 Å². The third-order valence-corrected chi connectivity index (χ3v) is 4.98. The number of hydrogen-bond donors (Lipinski definition) is 3. The zero-order valence-electron chi connectivity index (χ0n) is 19.0. The van der Waals surface area contributed by atoms with E-state index >= 15 is 0 Å². The van der Waals surface area contributed by atoms with E-state index in [9.17, 15) is 9.18 Å². The van der Waals surface area contributed by atoms with E-state index in [1.807, 2.05) is 6.07 Å². The summed E-state index contributed by atoms with van der Waals surface area (Å²) in [5, 5.41) is 22.2. The maximum Gasteiger partial charge on any atom is 0.254 e. The smallest absolute Gasteiger partial charge is 0.254 e. The summed E-state index contributed by atoms with van der Waals surface area (Å²) in [6.07, 6.45) is 3.56. The van der Waals surface area contributed by atoms with Crippen LogP contribution in [-0.4, -0.2) is 44.8 Å². The second-order valence-electron chi connectivity index (χ2n) is 7.21. The summed E-state index contributed by atoms with van der Waals surface area (Å²) in [7, 11) is 4.66. The molecule has 3 N–H and O–H groups in total. The summed E-state index contributed by atoms with van der Waals surface area (Å²) in [5.41, 5.74) is 2.13. The van der Waals surface area contributed by atoms with Gasteiger partial charge >= 0.3 is 0 Å². The molecule has 0 atom stereocenters. The predicted octanol–water partition coefficient (Wildman–Crippen LogP) is 3.14. The van der Waals surface area contributed by atoms with Gasteiger partial charge in [-0.1, -0.05) is 6.07 Å². The fourth-order valence-electron chi connectivity index (χ4n) is 3.33. The van der Waals surface area contributed by atoms with Crippen molar-refractivity contribution in [2.24, 2.45) is 7.05 Å². The van der Waals surface area contributed by atoms with Crippen molar-refractivity contribution in [3.05, 3.63) is 66.0 Å². The lowest BCUT2D eigenvalue weighted by Gasteiger charge is -2.17. The Hall–Kier alpha value is -5.05. The highest BCUT2D eigenvalue weighted by Gasteiger charge is 2.18. The number of benzene rings is 1. The first-order valence-electron chi connectivity index (χ1n) is 10.3. The minimum Gasteiger partial charge on any atom is -0.494 e. The second-order valence-corrected chi connectivity index (χ2v) is 7.21. The molecule has 0 fully saturated rings. The molecule has 1 aromatic carbocycles. The Bertz CT molecular complexity index is 1430. The molecule has 0 bridgehead atoms. The van der Waals surface area contributed by atoms with Crippen LogP contribution in [0.3, 0.4) is 0 Å². The lowest BCUT2D eigenvalue weighted by Crippen LogP contribution is -2.19. The molecule has 0 aliphatic rings. The number of pyridine rings is 1. The highest BCUT2D eigenvalue weighted by molar-refractivity contribution is 6.00. The number of amides is 1. The third kappa shape index (κ3) is 4.83. The molecule has 0 aliphatic heterocycles. The largest absolute Gasteiger partial charge is 0.494 e. The number of rotatable bonds is 7. The molecule has 3 heterocycles. The Labute approximate surface area is 199 Å². The van der Waals surface area contributed by atoms with Crippen molar-refractivity contribution in [3.8, 4) is 23.2 Å². The SMILES string of the molecule is CNC(=O)c1cnc(Nc2cc(C#N)n(C)n2)cc1Nc1cccc(-c2ncc(F)cn2)c1OC. The number of methoxy groups -OCH3 is 1. The van der Waals surface area contributed by atoms with Gasteiger partial charge in [0.05, 0.1) is 42.0 Å². The molecule has 0 spiro atoms. The summed E-state index contributed by atoms with van der Waals surface area (Å²) >= 11 is 0. The summed E-state index contributed by atoms with van der Waals surface area (Å²) in [6, 6.07) is 10.5. The predicted molar refractivity (Wildman–Crippen MR) is 126 cm³/mol. The Morgan fingerprint density at radius 1 is 1.09 bits per heavy atom. The molecule has 176 valence electrons. The van der Waals surface area contributed by atoms with E-state index in [1.165, 1.54) is 25.0 Å². The summed E-state index contributed by atoms with van der Waals surface area (Å²) in [5.74, 6) is 0.579. The zero-order chi connectivity index (χ0) is 24.9. The van der Waals surface area contributed by atoms with E-state index < -0.39 is 5.82 Å². The number of aromatic nitrogens is 5. The normalized spacial score (nSPS) is 10.4. The van der Waals surface area contributed by atoms with Gasteiger partial charge in [0.2, 0.25) is 0 Å². The molecular weight excluding hydrogens is 453 g/mol. The van der Waals surface area contributed by atoms with Crippen molar-refractivity contribution in [2.75, 3.05) is 24.8 Å². The number of aryl methyl sites for hydroxylation is 1. The topological polar surface area (TPSA) is 143 Å². The first-order valence-corrected chi connectivity index (χ1v) is 10.3. The zero-order valence-corrected chi connectivity index (χ0v) is 19.0. The Kier molecular flexibility index (Phi) is 6.50. The lowest BCUT2D eigenvalue weighted by atomic mass is 10.1. The molecule has 0 radical (unpaired) electrons. The van der Waals surface area contributed by atoms with Gasteiger partial charge in [0.15, 0.2) is 23.2 Å². The standard InChI is InChI=1S/C23H20FN9O2/c1-26-23(34)16-12-27-19(31-20-7-14(9-25)33(2)32-20)8-18(16)30-17-6-4-5-15(21(17)35-3)22-28-10-13(24)11-29-22/h4-8,10-12H,1-3H3,(H,26,34)(H2,27,30,31,32).